The first-order chi connectivity index (χ1) is 7.74. The third kappa shape index (κ3) is 5.02. The maximum atomic E-state index is 5.11. The van der Waals surface area contributed by atoms with Crippen LogP contribution in [-0.2, 0) is 4.74 Å². The highest BCUT2D eigenvalue weighted by molar-refractivity contribution is 4.79. The molecule has 0 radical (unpaired) electrons. The molecule has 16 heavy (non-hydrogen) atoms. The second-order valence-corrected chi connectivity index (χ2v) is 5.21. The van der Waals surface area contributed by atoms with E-state index in [0.29, 0.717) is 0 Å². The maximum absolute atomic E-state index is 5.11. The summed E-state index contributed by atoms with van der Waals surface area (Å²) in [5.74, 6) is 1.77. The van der Waals surface area contributed by atoms with E-state index in [2.05, 4.69) is 25.7 Å². The molecule has 0 bridgehead atoms. The fourth-order valence-electron chi connectivity index (χ4n) is 2.56. The molecule has 94 valence electrons. The molecule has 0 heterocycles. The van der Waals surface area contributed by atoms with Gasteiger partial charge in [0.2, 0.25) is 0 Å². The quantitative estimate of drug-likeness (QED) is 0.530. The van der Waals surface area contributed by atoms with E-state index in [1.54, 1.807) is 0 Å². The Morgan fingerprint density at radius 2 is 2.25 bits per heavy atom. The average molecular weight is 225 g/mol. The van der Waals surface area contributed by atoms with Crippen molar-refractivity contribution in [2.24, 2.45) is 11.8 Å². The van der Waals surface area contributed by atoms with Crippen LogP contribution in [0.25, 0.3) is 0 Å². The molecule has 2 nitrogen and oxygen atoms in total. The standard InChI is InChI=1S/C14H27NO/c1-4-16-10-6-9-15-14-8-5-7-13(11-14)12(2)3/h4,12-15H,1,5-11H2,2-3H3. The lowest BCUT2D eigenvalue weighted by atomic mass is 9.79. The summed E-state index contributed by atoms with van der Waals surface area (Å²) in [7, 11) is 0. The van der Waals surface area contributed by atoms with Gasteiger partial charge in [-0.15, -0.1) is 0 Å². The fourth-order valence-corrected chi connectivity index (χ4v) is 2.56. The van der Waals surface area contributed by atoms with E-state index in [1.807, 2.05) is 0 Å². The Kier molecular flexibility index (Phi) is 6.55. The molecule has 2 atom stereocenters. The van der Waals surface area contributed by atoms with Gasteiger partial charge in [0.25, 0.3) is 0 Å². The van der Waals surface area contributed by atoms with Crippen LogP contribution < -0.4 is 5.32 Å². The highest BCUT2D eigenvalue weighted by Gasteiger charge is 2.23. The summed E-state index contributed by atoms with van der Waals surface area (Å²) in [6.45, 7) is 10.1. The predicted molar refractivity (Wildman–Crippen MR) is 69.4 cm³/mol. The van der Waals surface area contributed by atoms with Crippen molar-refractivity contribution in [1.29, 1.82) is 0 Å². The second-order valence-electron chi connectivity index (χ2n) is 5.21. The molecule has 1 fully saturated rings. The summed E-state index contributed by atoms with van der Waals surface area (Å²) in [5.41, 5.74) is 0. The normalized spacial score (nSPS) is 25.7. The van der Waals surface area contributed by atoms with Crippen LogP contribution in [0.1, 0.15) is 46.0 Å². The van der Waals surface area contributed by atoms with Crippen LogP contribution in [0.5, 0.6) is 0 Å². The minimum atomic E-state index is 0.741. The largest absolute Gasteiger partial charge is 0.502 e. The summed E-state index contributed by atoms with van der Waals surface area (Å²) in [6.07, 6.45) is 8.13. The molecular formula is C14H27NO. The first-order valence-electron chi connectivity index (χ1n) is 6.70. The molecule has 2 unspecified atom stereocenters. The lowest BCUT2D eigenvalue weighted by Crippen LogP contribution is -2.36. The summed E-state index contributed by atoms with van der Waals surface area (Å²) < 4.78 is 5.11. The van der Waals surface area contributed by atoms with Gasteiger partial charge in [-0.1, -0.05) is 33.3 Å². The van der Waals surface area contributed by atoms with Crippen molar-refractivity contribution in [3.05, 3.63) is 12.8 Å². The van der Waals surface area contributed by atoms with Gasteiger partial charge in [0, 0.05) is 6.04 Å². The lowest BCUT2D eigenvalue weighted by Gasteiger charge is -2.32. The van der Waals surface area contributed by atoms with Crippen LogP contribution in [0.15, 0.2) is 12.8 Å². The van der Waals surface area contributed by atoms with Crippen molar-refractivity contribution in [1.82, 2.24) is 5.32 Å². The SMILES string of the molecule is C=COCCCNC1CCCC(C(C)C)C1. The topological polar surface area (TPSA) is 21.3 Å². The van der Waals surface area contributed by atoms with Crippen molar-refractivity contribution in [2.45, 2.75) is 52.0 Å². The van der Waals surface area contributed by atoms with Gasteiger partial charge in [-0.25, -0.2) is 0 Å². The monoisotopic (exact) mass is 225 g/mol. The Hall–Kier alpha value is -0.500. The smallest absolute Gasteiger partial charge is 0.0885 e. The van der Waals surface area contributed by atoms with Gasteiger partial charge in [-0.3, -0.25) is 0 Å². The minimum Gasteiger partial charge on any atom is -0.502 e. The number of rotatable bonds is 7. The summed E-state index contributed by atoms with van der Waals surface area (Å²) in [5, 5.41) is 3.65. The van der Waals surface area contributed by atoms with Gasteiger partial charge in [0.15, 0.2) is 0 Å². The first kappa shape index (κ1) is 13.6. The molecule has 0 aliphatic heterocycles. The first-order valence-corrected chi connectivity index (χ1v) is 6.70. The average Bonchev–Trinajstić information content (AvgIpc) is 2.29. The maximum Gasteiger partial charge on any atom is 0.0885 e. The van der Waals surface area contributed by atoms with Crippen LogP contribution in [0.2, 0.25) is 0 Å². The van der Waals surface area contributed by atoms with Crippen LogP contribution >= 0.6 is 0 Å². The van der Waals surface area contributed by atoms with Crippen molar-refractivity contribution in [3.8, 4) is 0 Å². The summed E-state index contributed by atoms with van der Waals surface area (Å²) in [6, 6.07) is 0.741. The molecule has 2 heteroatoms. The van der Waals surface area contributed by atoms with E-state index in [-0.39, 0.29) is 0 Å². The van der Waals surface area contributed by atoms with Gasteiger partial charge in [0.1, 0.15) is 0 Å². The fraction of sp³-hybridized carbons (Fsp3) is 0.857. The Labute approximate surface area is 100 Å². The van der Waals surface area contributed by atoms with E-state index < -0.39 is 0 Å². The lowest BCUT2D eigenvalue weighted by molar-refractivity contribution is 0.217. The number of hydrogen-bond donors (Lipinski definition) is 1. The zero-order chi connectivity index (χ0) is 11.8. The van der Waals surface area contributed by atoms with E-state index in [0.717, 1.165) is 37.5 Å². The van der Waals surface area contributed by atoms with Crippen LogP contribution in [0, 0.1) is 11.8 Å². The molecular weight excluding hydrogens is 198 g/mol. The molecule has 0 aromatic heterocycles. The zero-order valence-corrected chi connectivity index (χ0v) is 10.9. The predicted octanol–water partition coefficient (Wildman–Crippen LogP) is 3.34. The molecule has 0 aromatic carbocycles. The van der Waals surface area contributed by atoms with Gasteiger partial charge in [-0.2, -0.15) is 0 Å². The van der Waals surface area contributed by atoms with E-state index in [1.165, 1.54) is 31.9 Å². The number of nitrogens with one attached hydrogen (secondary N) is 1. The summed E-state index contributed by atoms with van der Waals surface area (Å²) in [4.78, 5) is 0. The second kappa shape index (κ2) is 7.72. The van der Waals surface area contributed by atoms with Crippen molar-refractivity contribution in [3.63, 3.8) is 0 Å². The van der Waals surface area contributed by atoms with Crippen LogP contribution in [0.3, 0.4) is 0 Å². The van der Waals surface area contributed by atoms with Gasteiger partial charge >= 0.3 is 0 Å². The Balaban J connectivity index is 2.09. The van der Waals surface area contributed by atoms with Gasteiger partial charge in [0.05, 0.1) is 12.9 Å². The molecule has 1 aliphatic carbocycles. The molecule has 1 aliphatic rings. The Morgan fingerprint density at radius 1 is 1.44 bits per heavy atom. The van der Waals surface area contributed by atoms with Crippen molar-refractivity contribution >= 4 is 0 Å². The minimum absolute atomic E-state index is 0.741. The third-order valence-corrected chi connectivity index (χ3v) is 3.65. The number of hydrogen-bond acceptors (Lipinski definition) is 2. The van der Waals surface area contributed by atoms with E-state index in [9.17, 15) is 0 Å². The number of ether oxygens (including phenoxy) is 1. The summed E-state index contributed by atoms with van der Waals surface area (Å²) >= 11 is 0. The highest BCUT2D eigenvalue weighted by atomic mass is 16.5. The molecule has 0 aromatic rings. The van der Waals surface area contributed by atoms with Crippen molar-refractivity contribution < 1.29 is 4.74 Å². The third-order valence-electron chi connectivity index (χ3n) is 3.65. The molecule has 1 rings (SSSR count). The van der Waals surface area contributed by atoms with Crippen molar-refractivity contribution in [2.75, 3.05) is 13.2 Å². The highest BCUT2D eigenvalue weighted by Crippen LogP contribution is 2.29. The molecule has 1 N–H and O–H groups in total. The molecule has 1 saturated carbocycles. The van der Waals surface area contributed by atoms with Crippen LogP contribution in [0.4, 0.5) is 0 Å². The molecule has 0 saturated heterocycles. The van der Waals surface area contributed by atoms with Gasteiger partial charge < -0.3 is 10.1 Å². The van der Waals surface area contributed by atoms with Crippen LogP contribution in [-0.4, -0.2) is 19.2 Å². The zero-order valence-electron chi connectivity index (χ0n) is 10.9. The molecule has 0 amide bonds. The van der Waals surface area contributed by atoms with E-state index in [4.69, 9.17) is 4.74 Å². The molecule has 0 spiro atoms. The Morgan fingerprint density at radius 3 is 2.94 bits per heavy atom. The van der Waals surface area contributed by atoms with Gasteiger partial charge in [-0.05, 0) is 37.6 Å². The van der Waals surface area contributed by atoms with E-state index >= 15 is 0 Å². The Bertz CT molecular complexity index is 191.